The van der Waals surface area contributed by atoms with E-state index in [2.05, 4.69) is 46.6 Å². The van der Waals surface area contributed by atoms with Gasteiger partial charge in [0, 0.05) is 12.2 Å². The van der Waals surface area contributed by atoms with Crippen LogP contribution in [0.1, 0.15) is 49.8 Å². The molecule has 1 aliphatic carbocycles. The molecule has 2 aromatic rings. The molecule has 0 atom stereocenters. The minimum Gasteiger partial charge on any atom is -0.378 e. The molecular formula is C18H25N3O. The summed E-state index contributed by atoms with van der Waals surface area (Å²) in [4.78, 5) is 0. The fourth-order valence-electron chi connectivity index (χ4n) is 3.10. The second kappa shape index (κ2) is 7.54. The molecule has 1 heterocycles. The number of nitrogens with one attached hydrogen (secondary N) is 1. The van der Waals surface area contributed by atoms with Crippen LogP contribution >= 0.6 is 0 Å². The second-order valence-corrected chi connectivity index (χ2v) is 6.24. The van der Waals surface area contributed by atoms with Crippen LogP contribution in [0.4, 0.5) is 0 Å². The highest BCUT2D eigenvalue weighted by Crippen LogP contribution is 2.22. The minimum atomic E-state index is 0.491. The Labute approximate surface area is 132 Å². The van der Waals surface area contributed by atoms with Crippen molar-refractivity contribution in [3.05, 3.63) is 35.5 Å². The molecular weight excluding hydrogens is 274 g/mol. The Morgan fingerprint density at radius 3 is 2.68 bits per heavy atom. The van der Waals surface area contributed by atoms with Crippen LogP contribution in [0.3, 0.4) is 0 Å². The van der Waals surface area contributed by atoms with Gasteiger partial charge >= 0.3 is 0 Å². The number of rotatable bonds is 6. The highest BCUT2D eigenvalue weighted by atomic mass is 16.5. The summed E-state index contributed by atoms with van der Waals surface area (Å²) >= 11 is 0. The van der Waals surface area contributed by atoms with Gasteiger partial charge in [0.1, 0.15) is 5.69 Å². The Bertz CT molecular complexity index is 570. The monoisotopic (exact) mass is 299 g/mol. The predicted octanol–water partition coefficient (Wildman–Crippen LogP) is 4.06. The SMILES string of the molecule is Cc1ccc(-c2nn[nH]c2CCCOC2CCCCC2)cc1. The van der Waals surface area contributed by atoms with Crippen molar-refractivity contribution in [1.82, 2.24) is 15.4 Å². The van der Waals surface area contributed by atoms with Crippen LogP contribution in [0.2, 0.25) is 0 Å². The number of hydrogen-bond acceptors (Lipinski definition) is 3. The van der Waals surface area contributed by atoms with E-state index in [-0.39, 0.29) is 0 Å². The van der Waals surface area contributed by atoms with Crippen LogP contribution in [0, 0.1) is 6.92 Å². The van der Waals surface area contributed by atoms with E-state index in [1.54, 1.807) is 0 Å². The van der Waals surface area contributed by atoms with Crippen LogP contribution in [-0.4, -0.2) is 28.1 Å². The number of H-pyrrole nitrogens is 1. The van der Waals surface area contributed by atoms with Crippen LogP contribution in [0.15, 0.2) is 24.3 Å². The number of aromatic nitrogens is 3. The first-order valence-corrected chi connectivity index (χ1v) is 8.41. The minimum absolute atomic E-state index is 0.491. The lowest BCUT2D eigenvalue weighted by Crippen LogP contribution is -2.17. The summed E-state index contributed by atoms with van der Waals surface area (Å²) in [6, 6.07) is 8.43. The van der Waals surface area contributed by atoms with Gasteiger partial charge in [-0.1, -0.05) is 54.3 Å². The molecule has 1 aromatic heterocycles. The van der Waals surface area contributed by atoms with Gasteiger partial charge in [0.05, 0.1) is 11.8 Å². The van der Waals surface area contributed by atoms with Gasteiger partial charge in [0.25, 0.3) is 0 Å². The predicted molar refractivity (Wildman–Crippen MR) is 87.7 cm³/mol. The average Bonchev–Trinajstić information content (AvgIpc) is 3.02. The van der Waals surface area contributed by atoms with Crippen LogP contribution < -0.4 is 0 Å². The van der Waals surface area contributed by atoms with Gasteiger partial charge < -0.3 is 4.74 Å². The molecule has 0 unspecified atom stereocenters. The molecule has 0 spiro atoms. The van der Waals surface area contributed by atoms with Gasteiger partial charge in [-0.05, 0) is 32.6 Å². The summed E-state index contributed by atoms with van der Waals surface area (Å²) in [5.41, 5.74) is 4.46. The van der Waals surface area contributed by atoms with Crippen molar-refractivity contribution in [2.45, 2.75) is 58.0 Å². The molecule has 0 aliphatic heterocycles. The molecule has 118 valence electrons. The van der Waals surface area contributed by atoms with Gasteiger partial charge in [0.15, 0.2) is 0 Å². The molecule has 0 bridgehead atoms. The molecule has 1 fully saturated rings. The Kier molecular flexibility index (Phi) is 5.22. The van der Waals surface area contributed by atoms with Crippen molar-refractivity contribution in [2.75, 3.05) is 6.61 Å². The van der Waals surface area contributed by atoms with Crippen LogP contribution in [-0.2, 0) is 11.2 Å². The molecule has 1 aromatic carbocycles. The third-order valence-corrected chi connectivity index (χ3v) is 4.42. The fraction of sp³-hybridized carbons (Fsp3) is 0.556. The largest absolute Gasteiger partial charge is 0.378 e. The molecule has 0 radical (unpaired) electrons. The number of benzene rings is 1. The first-order chi connectivity index (χ1) is 10.8. The Morgan fingerprint density at radius 2 is 1.91 bits per heavy atom. The van der Waals surface area contributed by atoms with Crippen molar-refractivity contribution in [2.24, 2.45) is 0 Å². The maximum absolute atomic E-state index is 5.99. The molecule has 1 N–H and O–H groups in total. The normalized spacial score (nSPS) is 16.0. The van der Waals surface area contributed by atoms with Crippen molar-refractivity contribution in [3.63, 3.8) is 0 Å². The van der Waals surface area contributed by atoms with E-state index in [1.165, 1.54) is 37.7 Å². The van der Waals surface area contributed by atoms with E-state index in [0.717, 1.165) is 36.4 Å². The zero-order chi connectivity index (χ0) is 15.2. The summed E-state index contributed by atoms with van der Waals surface area (Å²) in [5.74, 6) is 0. The number of ether oxygens (including phenoxy) is 1. The lowest BCUT2D eigenvalue weighted by molar-refractivity contribution is 0.0272. The zero-order valence-electron chi connectivity index (χ0n) is 13.3. The quantitative estimate of drug-likeness (QED) is 0.818. The van der Waals surface area contributed by atoms with Gasteiger partial charge in [-0.25, -0.2) is 0 Å². The Morgan fingerprint density at radius 1 is 1.14 bits per heavy atom. The number of aryl methyl sites for hydroxylation is 2. The molecule has 4 heteroatoms. The first kappa shape index (κ1) is 15.2. The highest BCUT2D eigenvalue weighted by molar-refractivity contribution is 5.61. The van der Waals surface area contributed by atoms with Crippen molar-refractivity contribution in [3.8, 4) is 11.3 Å². The average molecular weight is 299 g/mol. The molecule has 1 aliphatic rings. The Balaban J connectivity index is 1.51. The zero-order valence-corrected chi connectivity index (χ0v) is 13.3. The number of aromatic amines is 1. The van der Waals surface area contributed by atoms with E-state index in [9.17, 15) is 0 Å². The number of hydrogen-bond donors (Lipinski definition) is 1. The maximum atomic E-state index is 5.99. The first-order valence-electron chi connectivity index (χ1n) is 8.41. The van der Waals surface area contributed by atoms with E-state index >= 15 is 0 Å². The summed E-state index contributed by atoms with van der Waals surface area (Å²) < 4.78 is 5.99. The topological polar surface area (TPSA) is 50.8 Å². The third-order valence-electron chi connectivity index (χ3n) is 4.42. The molecule has 1 saturated carbocycles. The molecule has 3 rings (SSSR count). The molecule has 22 heavy (non-hydrogen) atoms. The van der Waals surface area contributed by atoms with E-state index in [1.807, 2.05) is 0 Å². The summed E-state index contributed by atoms with van der Waals surface area (Å²) in [6.45, 7) is 2.92. The van der Waals surface area contributed by atoms with Crippen molar-refractivity contribution >= 4 is 0 Å². The van der Waals surface area contributed by atoms with E-state index in [4.69, 9.17) is 4.74 Å². The lowest BCUT2D eigenvalue weighted by atomic mass is 9.98. The molecule has 4 nitrogen and oxygen atoms in total. The maximum Gasteiger partial charge on any atom is 0.115 e. The second-order valence-electron chi connectivity index (χ2n) is 6.24. The molecule has 0 amide bonds. The third kappa shape index (κ3) is 3.95. The smallest absolute Gasteiger partial charge is 0.115 e. The van der Waals surface area contributed by atoms with Gasteiger partial charge in [-0.3, -0.25) is 5.10 Å². The fourth-order valence-corrected chi connectivity index (χ4v) is 3.10. The van der Waals surface area contributed by atoms with Gasteiger partial charge in [-0.15, -0.1) is 5.10 Å². The summed E-state index contributed by atoms with van der Waals surface area (Å²) in [7, 11) is 0. The van der Waals surface area contributed by atoms with Gasteiger partial charge in [0.2, 0.25) is 0 Å². The number of nitrogens with zero attached hydrogens (tertiary/aromatic N) is 2. The van der Waals surface area contributed by atoms with E-state index < -0.39 is 0 Å². The Hall–Kier alpha value is -1.68. The van der Waals surface area contributed by atoms with Crippen LogP contribution in [0.25, 0.3) is 11.3 Å². The standard InChI is InChI=1S/C18H25N3O/c1-14-9-11-15(12-10-14)18-17(19-21-20-18)8-5-13-22-16-6-3-2-4-7-16/h9-12,16H,2-8,13H2,1H3,(H,19,20,21). The lowest BCUT2D eigenvalue weighted by Gasteiger charge is -2.21. The summed E-state index contributed by atoms with van der Waals surface area (Å²) in [6.07, 6.45) is 8.94. The molecule has 0 saturated heterocycles. The highest BCUT2D eigenvalue weighted by Gasteiger charge is 2.14. The van der Waals surface area contributed by atoms with Gasteiger partial charge in [-0.2, -0.15) is 0 Å². The van der Waals surface area contributed by atoms with Crippen LogP contribution in [0.5, 0.6) is 0 Å². The van der Waals surface area contributed by atoms with E-state index in [0.29, 0.717) is 6.10 Å². The van der Waals surface area contributed by atoms with Crippen molar-refractivity contribution < 1.29 is 4.74 Å². The summed E-state index contributed by atoms with van der Waals surface area (Å²) in [5, 5.41) is 11.3. The van der Waals surface area contributed by atoms with Crippen molar-refractivity contribution in [1.29, 1.82) is 0 Å².